The molecule has 1 atom stereocenters. The van der Waals surface area contributed by atoms with Crippen LogP contribution in [0.1, 0.15) is 47.6 Å². The quantitative estimate of drug-likeness (QED) is 0.735. The zero-order valence-corrected chi connectivity index (χ0v) is 10.1. The maximum absolute atomic E-state index is 11.8. The first-order chi connectivity index (χ1) is 7.65. The molecule has 1 aliphatic heterocycles. The highest BCUT2D eigenvalue weighted by atomic mass is 16.5. The molecule has 16 heavy (non-hydrogen) atoms. The van der Waals surface area contributed by atoms with Gasteiger partial charge in [0.05, 0.1) is 23.9 Å². The zero-order valence-electron chi connectivity index (χ0n) is 10.1. The largest absolute Gasteiger partial charge is 0.379 e. The maximum atomic E-state index is 11.8. The van der Waals surface area contributed by atoms with Gasteiger partial charge in [-0.1, -0.05) is 6.92 Å². The van der Waals surface area contributed by atoms with Gasteiger partial charge >= 0.3 is 0 Å². The van der Waals surface area contributed by atoms with Crippen LogP contribution in [0, 0.1) is 13.8 Å². The van der Waals surface area contributed by atoms with Gasteiger partial charge in [-0.25, -0.2) is 0 Å². The highest BCUT2D eigenvalue weighted by Crippen LogP contribution is 2.24. The Balaban J connectivity index is 2.37. The monoisotopic (exact) mass is 222 g/mol. The summed E-state index contributed by atoms with van der Waals surface area (Å²) in [6.45, 7) is 7.27. The van der Waals surface area contributed by atoms with Crippen LogP contribution >= 0.6 is 0 Å². The van der Waals surface area contributed by atoms with E-state index >= 15 is 0 Å². The molecule has 88 valence electrons. The molecule has 2 heterocycles. The minimum absolute atomic E-state index is 0.181. The third-order valence-corrected chi connectivity index (χ3v) is 3.18. The first kappa shape index (κ1) is 11.3. The summed E-state index contributed by atoms with van der Waals surface area (Å²) in [5, 5.41) is 4.48. The second-order valence-electron chi connectivity index (χ2n) is 4.28. The summed E-state index contributed by atoms with van der Waals surface area (Å²) in [5.74, 6) is 0.181. The van der Waals surface area contributed by atoms with E-state index in [-0.39, 0.29) is 5.78 Å². The Morgan fingerprint density at radius 1 is 1.56 bits per heavy atom. The summed E-state index contributed by atoms with van der Waals surface area (Å²) in [4.78, 5) is 11.8. The number of aryl methyl sites for hydroxylation is 1. The number of carbonyl (C=O) groups excluding carboxylic acids is 1. The molecule has 1 aliphatic rings. The predicted octanol–water partition coefficient (Wildman–Crippen LogP) is 2.05. The van der Waals surface area contributed by atoms with Crippen molar-refractivity contribution in [3.63, 3.8) is 0 Å². The van der Waals surface area contributed by atoms with Crippen LogP contribution in [0.25, 0.3) is 0 Å². The number of aromatic nitrogens is 2. The second-order valence-corrected chi connectivity index (χ2v) is 4.28. The Bertz CT molecular complexity index is 403. The number of ether oxygens (including phenoxy) is 1. The summed E-state index contributed by atoms with van der Waals surface area (Å²) in [6, 6.07) is 0.303. The molecule has 0 radical (unpaired) electrons. The molecule has 0 amide bonds. The van der Waals surface area contributed by atoms with Crippen LogP contribution in [0.3, 0.4) is 0 Å². The molecule has 1 unspecified atom stereocenters. The summed E-state index contributed by atoms with van der Waals surface area (Å²) in [6.07, 6.45) is 1.52. The molecule has 1 aromatic heterocycles. The molecular weight excluding hydrogens is 204 g/mol. The third kappa shape index (κ3) is 1.78. The zero-order chi connectivity index (χ0) is 11.7. The second kappa shape index (κ2) is 4.37. The highest BCUT2D eigenvalue weighted by molar-refractivity contribution is 5.97. The lowest BCUT2D eigenvalue weighted by Gasteiger charge is -2.10. The van der Waals surface area contributed by atoms with E-state index in [0.717, 1.165) is 30.0 Å². The van der Waals surface area contributed by atoms with Gasteiger partial charge in [-0.3, -0.25) is 9.48 Å². The standard InChI is InChI=1S/C12H18N2O2/c1-4-11(15)12-8(2)13-14(9(12)3)10-5-6-16-7-10/h10H,4-7H2,1-3H3. The molecule has 4 heteroatoms. The fourth-order valence-corrected chi connectivity index (χ4v) is 2.31. The molecule has 0 saturated carbocycles. The normalized spacial score (nSPS) is 20.3. The fourth-order valence-electron chi connectivity index (χ4n) is 2.31. The number of ketones is 1. The van der Waals surface area contributed by atoms with Crippen LogP contribution in [-0.2, 0) is 4.74 Å². The Morgan fingerprint density at radius 2 is 2.31 bits per heavy atom. The minimum atomic E-state index is 0.181. The van der Waals surface area contributed by atoms with Gasteiger partial charge in [0.1, 0.15) is 0 Å². The van der Waals surface area contributed by atoms with Gasteiger partial charge < -0.3 is 4.74 Å². The summed E-state index contributed by atoms with van der Waals surface area (Å²) >= 11 is 0. The Labute approximate surface area is 95.6 Å². The lowest BCUT2D eigenvalue weighted by molar-refractivity contribution is 0.0986. The average Bonchev–Trinajstić information content (AvgIpc) is 2.86. The van der Waals surface area contributed by atoms with Crippen LogP contribution in [0.5, 0.6) is 0 Å². The van der Waals surface area contributed by atoms with Crippen molar-refractivity contribution in [1.29, 1.82) is 0 Å². The molecule has 1 saturated heterocycles. The van der Waals surface area contributed by atoms with Crippen LogP contribution in [0.2, 0.25) is 0 Å². The predicted molar refractivity (Wildman–Crippen MR) is 60.8 cm³/mol. The van der Waals surface area contributed by atoms with Crippen molar-refractivity contribution in [3.05, 3.63) is 17.0 Å². The van der Waals surface area contributed by atoms with Gasteiger partial charge in [0.2, 0.25) is 0 Å². The van der Waals surface area contributed by atoms with Crippen LogP contribution in [0.15, 0.2) is 0 Å². The number of hydrogen-bond acceptors (Lipinski definition) is 3. The van der Waals surface area contributed by atoms with Crippen molar-refractivity contribution in [1.82, 2.24) is 9.78 Å². The Kier molecular flexibility index (Phi) is 3.10. The van der Waals surface area contributed by atoms with Gasteiger partial charge in [0.25, 0.3) is 0 Å². The van der Waals surface area contributed by atoms with Crippen molar-refractivity contribution < 1.29 is 9.53 Å². The highest BCUT2D eigenvalue weighted by Gasteiger charge is 2.24. The molecule has 2 rings (SSSR count). The smallest absolute Gasteiger partial charge is 0.166 e. The lowest BCUT2D eigenvalue weighted by atomic mass is 10.1. The van der Waals surface area contributed by atoms with E-state index in [4.69, 9.17) is 4.74 Å². The lowest BCUT2D eigenvalue weighted by Crippen LogP contribution is -2.12. The van der Waals surface area contributed by atoms with E-state index < -0.39 is 0 Å². The van der Waals surface area contributed by atoms with Crippen molar-refractivity contribution in [2.45, 2.75) is 39.7 Å². The SMILES string of the molecule is CCC(=O)c1c(C)nn(C2CCOC2)c1C. The molecule has 4 nitrogen and oxygen atoms in total. The van der Waals surface area contributed by atoms with Gasteiger partial charge in [0.15, 0.2) is 5.78 Å². The van der Waals surface area contributed by atoms with E-state index in [2.05, 4.69) is 5.10 Å². The fraction of sp³-hybridized carbons (Fsp3) is 0.667. The third-order valence-electron chi connectivity index (χ3n) is 3.18. The van der Waals surface area contributed by atoms with Gasteiger partial charge in [0, 0.05) is 18.7 Å². The summed E-state index contributed by atoms with van der Waals surface area (Å²) in [5.41, 5.74) is 2.63. The summed E-state index contributed by atoms with van der Waals surface area (Å²) < 4.78 is 7.32. The van der Waals surface area contributed by atoms with Gasteiger partial charge in [-0.15, -0.1) is 0 Å². The van der Waals surface area contributed by atoms with Crippen molar-refractivity contribution in [2.24, 2.45) is 0 Å². The van der Waals surface area contributed by atoms with Crippen LogP contribution in [0.4, 0.5) is 0 Å². The maximum Gasteiger partial charge on any atom is 0.166 e. The van der Waals surface area contributed by atoms with E-state index in [1.54, 1.807) is 0 Å². The average molecular weight is 222 g/mol. The van der Waals surface area contributed by atoms with E-state index in [0.29, 0.717) is 19.1 Å². The Morgan fingerprint density at radius 3 is 2.88 bits per heavy atom. The van der Waals surface area contributed by atoms with Crippen LogP contribution in [-0.4, -0.2) is 28.8 Å². The Hall–Kier alpha value is -1.16. The topological polar surface area (TPSA) is 44.1 Å². The number of hydrogen-bond donors (Lipinski definition) is 0. The van der Waals surface area contributed by atoms with E-state index in [9.17, 15) is 4.79 Å². The molecule has 0 aromatic carbocycles. The number of Topliss-reactive ketones (excluding diaryl/α,β-unsaturated/α-hetero) is 1. The molecule has 1 fully saturated rings. The molecule has 0 bridgehead atoms. The molecular formula is C12H18N2O2. The van der Waals surface area contributed by atoms with Crippen molar-refractivity contribution >= 4 is 5.78 Å². The number of nitrogens with zero attached hydrogens (tertiary/aromatic N) is 2. The van der Waals surface area contributed by atoms with Gasteiger partial charge in [-0.2, -0.15) is 5.10 Å². The molecule has 0 N–H and O–H groups in total. The van der Waals surface area contributed by atoms with Crippen molar-refractivity contribution in [3.8, 4) is 0 Å². The first-order valence-electron chi connectivity index (χ1n) is 5.81. The van der Waals surface area contributed by atoms with Crippen molar-refractivity contribution in [2.75, 3.05) is 13.2 Å². The van der Waals surface area contributed by atoms with E-state index in [1.807, 2.05) is 25.5 Å². The molecule has 1 aromatic rings. The van der Waals surface area contributed by atoms with Gasteiger partial charge in [-0.05, 0) is 20.3 Å². The number of carbonyl (C=O) groups is 1. The summed E-state index contributed by atoms with van der Waals surface area (Å²) in [7, 11) is 0. The van der Waals surface area contributed by atoms with Crippen LogP contribution < -0.4 is 0 Å². The molecule has 0 spiro atoms. The number of rotatable bonds is 3. The molecule has 0 aliphatic carbocycles. The van der Waals surface area contributed by atoms with E-state index in [1.165, 1.54) is 0 Å². The first-order valence-corrected chi connectivity index (χ1v) is 5.81. The minimum Gasteiger partial charge on any atom is -0.379 e.